The summed E-state index contributed by atoms with van der Waals surface area (Å²) in [4.78, 5) is 24.6. The first kappa shape index (κ1) is 16.0. The second-order valence-electron chi connectivity index (χ2n) is 5.76. The van der Waals surface area contributed by atoms with Gasteiger partial charge in [-0.15, -0.1) is 0 Å². The third-order valence-electron chi connectivity index (χ3n) is 4.08. The second-order valence-corrected chi connectivity index (χ2v) is 5.76. The summed E-state index contributed by atoms with van der Waals surface area (Å²) in [5, 5.41) is 2.80. The van der Waals surface area contributed by atoms with E-state index < -0.39 is 0 Å². The van der Waals surface area contributed by atoms with E-state index in [0.717, 1.165) is 5.52 Å². The summed E-state index contributed by atoms with van der Waals surface area (Å²) >= 11 is 0. The Balaban J connectivity index is 1.81. The number of rotatable bonds is 4. The molecule has 0 aliphatic heterocycles. The third-order valence-corrected chi connectivity index (χ3v) is 4.08. The molecule has 124 valence electrons. The van der Waals surface area contributed by atoms with E-state index in [4.69, 9.17) is 0 Å². The number of imidazole rings is 1. The molecule has 1 amide bonds. The van der Waals surface area contributed by atoms with Gasteiger partial charge in [0.2, 0.25) is 5.91 Å². The number of halogens is 1. The van der Waals surface area contributed by atoms with Gasteiger partial charge in [-0.1, -0.05) is 24.3 Å². The lowest BCUT2D eigenvalue weighted by atomic mass is 10.1. The smallest absolute Gasteiger partial charge is 0.329 e. The summed E-state index contributed by atoms with van der Waals surface area (Å²) < 4.78 is 16.2. The number of nitrogens with one attached hydrogen (secondary N) is 1. The van der Waals surface area contributed by atoms with E-state index in [1.54, 1.807) is 32.2 Å². The molecule has 3 rings (SSSR count). The van der Waals surface area contributed by atoms with Crippen LogP contribution in [0.4, 0.5) is 4.39 Å². The molecule has 0 saturated heterocycles. The van der Waals surface area contributed by atoms with E-state index in [1.807, 2.05) is 18.2 Å². The minimum absolute atomic E-state index is 0.0835. The Morgan fingerprint density at radius 3 is 2.58 bits per heavy atom. The summed E-state index contributed by atoms with van der Waals surface area (Å²) in [6.45, 7) is 1.69. The van der Waals surface area contributed by atoms with Gasteiger partial charge >= 0.3 is 5.69 Å². The molecule has 2 aromatic carbocycles. The van der Waals surface area contributed by atoms with Crippen LogP contribution in [0.1, 0.15) is 18.5 Å². The zero-order valence-electron chi connectivity index (χ0n) is 13.5. The van der Waals surface area contributed by atoms with Crippen LogP contribution < -0.4 is 11.0 Å². The van der Waals surface area contributed by atoms with Crippen molar-refractivity contribution in [3.63, 3.8) is 0 Å². The Kier molecular flexibility index (Phi) is 4.20. The monoisotopic (exact) mass is 327 g/mol. The standard InChI is InChI=1S/C18H18FN3O2/c1-12(13-6-5-7-14(19)10-13)20-17(23)11-22-16-9-4-3-8-15(16)21(2)18(22)24/h3-10,12H,11H2,1-2H3,(H,20,23)/t12-/m1/s1. The molecule has 1 atom stereocenters. The van der Waals surface area contributed by atoms with Crippen LogP contribution in [0.15, 0.2) is 53.3 Å². The molecule has 0 aliphatic rings. The maximum Gasteiger partial charge on any atom is 0.329 e. The summed E-state index contributed by atoms with van der Waals surface area (Å²) in [5.74, 6) is -0.649. The molecule has 1 N–H and O–H groups in total. The zero-order valence-corrected chi connectivity index (χ0v) is 13.5. The normalized spacial score (nSPS) is 12.3. The number of amides is 1. The van der Waals surface area contributed by atoms with Gasteiger partial charge in [0.25, 0.3) is 0 Å². The van der Waals surface area contributed by atoms with Crippen molar-refractivity contribution >= 4 is 16.9 Å². The van der Waals surface area contributed by atoms with Crippen molar-refractivity contribution < 1.29 is 9.18 Å². The van der Waals surface area contributed by atoms with Gasteiger partial charge < -0.3 is 5.32 Å². The molecular weight excluding hydrogens is 309 g/mol. The van der Waals surface area contributed by atoms with E-state index in [0.29, 0.717) is 11.1 Å². The van der Waals surface area contributed by atoms with Crippen molar-refractivity contribution in [3.8, 4) is 0 Å². The number of hydrogen-bond acceptors (Lipinski definition) is 2. The number of para-hydroxylation sites is 2. The lowest BCUT2D eigenvalue weighted by Gasteiger charge is -2.14. The number of nitrogens with zero attached hydrogens (tertiary/aromatic N) is 2. The lowest BCUT2D eigenvalue weighted by molar-refractivity contribution is -0.122. The number of fused-ring (bicyclic) bond motifs is 1. The number of hydrogen-bond donors (Lipinski definition) is 1. The summed E-state index contributed by atoms with van der Waals surface area (Å²) in [6, 6.07) is 13.0. The van der Waals surface area contributed by atoms with Gasteiger partial charge in [-0.05, 0) is 36.8 Å². The Morgan fingerprint density at radius 2 is 1.88 bits per heavy atom. The fourth-order valence-corrected chi connectivity index (χ4v) is 2.81. The lowest BCUT2D eigenvalue weighted by Crippen LogP contribution is -2.34. The molecule has 5 nitrogen and oxygen atoms in total. The number of aryl methyl sites for hydroxylation is 1. The van der Waals surface area contributed by atoms with Crippen LogP contribution in [-0.4, -0.2) is 15.0 Å². The van der Waals surface area contributed by atoms with Crippen LogP contribution in [0.3, 0.4) is 0 Å². The number of aromatic nitrogens is 2. The highest BCUT2D eigenvalue weighted by molar-refractivity contribution is 5.81. The van der Waals surface area contributed by atoms with Crippen molar-refractivity contribution in [3.05, 3.63) is 70.4 Å². The maximum absolute atomic E-state index is 13.3. The fraction of sp³-hybridized carbons (Fsp3) is 0.222. The molecular formula is C18H18FN3O2. The molecule has 0 saturated carbocycles. The Morgan fingerprint density at radius 1 is 1.17 bits per heavy atom. The minimum atomic E-state index is -0.348. The molecule has 1 aromatic heterocycles. The molecule has 24 heavy (non-hydrogen) atoms. The van der Waals surface area contributed by atoms with Gasteiger partial charge in [-0.3, -0.25) is 13.9 Å². The van der Waals surface area contributed by atoms with Crippen molar-refractivity contribution in [2.75, 3.05) is 0 Å². The first-order chi connectivity index (χ1) is 11.5. The van der Waals surface area contributed by atoms with Crippen LogP contribution in [0, 0.1) is 5.82 Å². The van der Waals surface area contributed by atoms with E-state index in [9.17, 15) is 14.0 Å². The molecule has 1 heterocycles. The van der Waals surface area contributed by atoms with Crippen molar-refractivity contribution in [1.82, 2.24) is 14.5 Å². The number of carbonyl (C=O) groups excluding carboxylic acids is 1. The predicted octanol–water partition coefficient (Wildman–Crippen LogP) is 2.36. The van der Waals surface area contributed by atoms with E-state index >= 15 is 0 Å². The van der Waals surface area contributed by atoms with E-state index in [1.165, 1.54) is 21.3 Å². The van der Waals surface area contributed by atoms with Crippen LogP contribution in [-0.2, 0) is 18.4 Å². The quantitative estimate of drug-likeness (QED) is 0.800. The Bertz CT molecular complexity index is 958. The molecule has 0 bridgehead atoms. The predicted molar refractivity (Wildman–Crippen MR) is 90.1 cm³/mol. The highest BCUT2D eigenvalue weighted by Gasteiger charge is 2.15. The van der Waals surface area contributed by atoms with E-state index in [2.05, 4.69) is 5.32 Å². The van der Waals surface area contributed by atoms with Gasteiger partial charge in [0.1, 0.15) is 12.4 Å². The summed E-state index contributed by atoms with van der Waals surface area (Å²) in [5.41, 5.74) is 1.91. The van der Waals surface area contributed by atoms with Crippen LogP contribution >= 0.6 is 0 Å². The van der Waals surface area contributed by atoms with Gasteiger partial charge in [0.05, 0.1) is 17.1 Å². The first-order valence-electron chi connectivity index (χ1n) is 7.66. The van der Waals surface area contributed by atoms with Crippen LogP contribution in [0.2, 0.25) is 0 Å². The summed E-state index contributed by atoms with van der Waals surface area (Å²) in [6.07, 6.45) is 0. The first-order valence-corrected chi connectivity index (χ1v) is 7.66. The Hall–Kier alpha value is -2.89. The maximum atomic E-state index is 13.3. The van der Waals surface area contributed by atoms with Crippen LogP contribution in [0.5, 0.6) is 0 Å². The molecule has 0 unspecified atom stereocenters. The highest BCUT2D eigenvalue weighted by atomic mass is 19.1. The molecule has 3 aromatic rings. The van der Waals surface area contributed by atoms with Crippen molar-refractivity contribution in [2.24, 2.45) is 7.05 Å². The SMILES string of the molecule is C[C@@H](NC(=O)Cn1c(=O)n(C)c2ccccc21)c1cccc(F)c1. The van der Waals surface area contributed by atoms with Gasteiger partial charge in [-0.2, -0.15) is 0 Å². The average Bonchev–Trinajstić information content (AvgIpc) is 2.80. The minimum Gasteiger partial charge on any atom is -0.348 e. The van der Waals surface area contributed by atoms with Crippen molar-refractivity contribution in [2.45, 2.75) is 19.5 Å². The largest absolute Gasteiger partial charge is 0.348 e. The van der Waals surface area contributed by atoms with Crippen molar-refractivity contribution in [1.29, 1.82) is 0 Å². The molecule has 6 heteroatoms. The van der Waals surface area contributed by atoms with Crippen LogP contribution in [0.25, 0.3) is 11.0 Å². The third kappa shape index (κ3) is 2.95. The fourth-order valence-electron chi connectivity index (χ4n) is 2.81. The Labute approximate surface area is 138 Å². The second kappa shape index (κ2) is 6.31. The summed E-state index contributed by atoms with van der Waals surface area (Å²) in [7, 11) is 1.68. The van der Waals surface area contributed by atoms with Gasteiger partial charge in [-0.25, -0.2) is 9.18 Å². The molecule has 0 spiro atoms. The number of benzene rings is 2. The molecule has 0 radical (unpaired) electrons. The topological polar surface area (TPSA) is 56.0 Å². The molecule has 0 fully saturated rings. The zero-order chi connectivity index (χ0) is 17.3. The van der Waals surface area contributed by atoms with E-state index in [-0.39, 0.29) is 30.0 Å². The average molecular weight is 327 g/mol. The molecule has 0 aliphatic carbocycles. The van der Waals surface area contributed by atoms with Gasteiger partial charge in [0, 0.05) is 7.05 Å². The number of carbonyl (C=O) groups is 1. The van der Waals surface area contributed by atoms with Gasteiger partial charge in [0.15, 0.2) is 0 Å². The highest BCUT2D eigenvalue weighted by Crippen LogP contribution is 2.14.